The minimum absolute atomic E-state index is 0.254. The van der Waals surface area contributed by atoms with Crippen LogP contribution in [0.2, 0.25) is 5.02 Å². The maximum atomic E-state index is 13.2. The van der Waals surface area contributed by atoms with Crippen molar-refractivity contribution in [3.05, 3.63) is 63.9 Å². The van der Waals surface area contributed by atoms with Crippen molar-refractivity contribution in [1.82, 2.24) is 0 Å². The van der Waals surface area contributed by atoms with Gasteiger partial charge in [-0.2, -0.15) is 0 Å². The van der Waals surface area contributed by atoms with E-state index in [1.54, 1.807) is 6.07 Å². The summed E-state index contributed by atoms with van der Waals surface area (Å²) in [6.07, 6.45) is 0. The number of alkyl halides is 1. The van der Waals surface area contributed by atoms with E-state index in [0.717, 1.165) is 16.7 Å². The molecule has 0 saturated heterocycles. The zero-order valence-electron chi connectivity index (χ0n) is 10.4. The summed E-state index contributed by atoms with van der Waals surface area (Å²) in [7, 11) is 0. The van der Waals surface area contributed by atoms with Crippen molar-refractivity contribution in [3.8, 4) is 5.75 Å². The van der Waals surface area contributed by atoms with Gasteiger partial charge < -0.3 is 4.74 Å². The number of halogens is 3. The standard InChI is InChI=1S/C15H13BrClFO/c1-10-5-6-12(18)7-11(10)9-19-15-4-2-3-14(17)13(15)8-16/h2-7H,8-9H2,1H3. The van der Waals surface area contributed by atoms with E-state index in [0.29, 0.717) is 22.7 Å². The molecule has 0 aliphatic heterocycles. The zero-order chi connectivity index (χ0) is 13.8. The molecule has 0 spiro atoms. The molecule has 0 aliphatic carbocycles. The van der Waals surface area contributed by atoms with Crippen LogP contribution in [-0.2, 0) is 11.9 Å². The molecule has 0 aromatic heterocycles. The predicted molar refractivity (Wildman–Crippen MR) is 79.6 cm³/mol. The lowest BCUT2D eigenvalue weighted by Gasteiger charge is -2.12. The molecule has 1 nitrogen and oxygen atoms in total. The molecule has 0 bridgehead atoms. The quantitative estimate of drug-likeness (QED) is 0.688. The topological polar surface area (TPSA) is 9.23 Å². The Kier molecular flexibility index (Phi) is 4.83. The lowest BCUT2D eigenvalue weighted by atomic mass is 10.1. The molecule has 0 N–H and O–H groups in total. The normalized spacial score (nSPS) is 10.5. The largest absolute Gasteiger partial charge is 0.489 e. The van der Waals surface area contributed by atoms with E-state index < -0.39 is 0 Å². The molecule has 100 valence electrons. The third-order valence-electron chi connectivity index (χ3n) is 2.90. The highest BCUT2D eigenvalue weighted by Crippen LogP contribution is 2.29. The summed E-state index contributed by atoms with van der Waals surface area (Å²) in [5, 5.41) is 1.27. The molecule has 0 amide bonds. The Morgan fingerprint density at radius 2 is 2.05 bits per heavy atom. The molecule has 0 fully saturated rings. The van der Waals surface area contributed by atoms with Crippen molar-refractivity contribution in [1.29, 1.82) is 0 Å². The zero-order valence-corrected chi connectivity index (χ0v) is 12.8. The van der Waals surface area contributed by atoms with Gasteiger partial charge in [-0.05, 0) is 42.3 Å². The third kappa shape index (κ3) is 3.48. The predicted octanol–water partition coefficient (Wildman–Crippen LogP) is 5.26. The van der Waals surface area contributed by atoms with Gasteiger partial charge in [0.1, 0.15) is 18.2 Å². The second kappa shape index (κ2) is 6.40. The van der Waals surface area contributed by atoms with Crippen LogP contribution in [0.4, 0.5) is 4.39 Å². The Labute approximate surface area is 125 Å². The van der Waals surface area contributed by atoms with E-state index in [2.05, 4.69) is 15.9 Å². The fourth-order valence-electron chi connectivity index (χ4n) is 1.75. The highest BCUT2D eigenvalue weighted by atomic mass is 79.9. The molecule has 0 saturated carbocycles. The average molecular weight is 344 g/mol. The van der Waals surface area contributed by atoms with Crippen molar-refractivity contribution in [2.75, 3.05) is 0 Å². The fourth-order valence-corrected chi connectivity index (χ4v) is 2.73. The number of aryl methyl sites for hydroxylation is 1. The number of ether oxygens (including phenoxy) is 1. The number of rotatable bonds is 4. The van der Waals surface area contributed by atoms with Gasteiger partial charge in [0.15, 0.2) is 0 Å². The summed E-state index contributed by atoms with van der Waals surface area (Å²) < 4.78 is 18.9. The highest BCUT2D eigenvalue weighted by molar-refractivity contribution is 9.08. The molecule has 19 heavy (non-hydrogen) atoms. The number of benzene rings is 2. The van der Waals surface area contributed by atoms with Crippen LogP contribution in [0.25, 0.3) is 0 Å². The monoisotopic (exact) mass is 342 g/mol. The minimum Gasteiger partial charge on any atom is -0.489 e. The third-order valence-corrected chi connectivity index (χ3v) is 3.82. The van der Waals surface area contributed by atoms with E-state index in [1.165, 1.54) is 12.1 Å². The van der Waals surface area contributed by atoms with Gasteiger partial charge in [-0.3, -0.25) is 0 Å². The van der Waals surface area contributed by atoms with Crippen molar-refractivity contribution < 1.29 is 9.13 Å². The van der Waals surface area contributed by atoms with Gasteiger partial charge in [-0.1, -0.05) is 39.7 Å². The molecule has 2 aromatic carbocycles. The molecular weight excluding hydrogens is 331 g/mol. The van der Waals surface area contributed by atoms with Gasteiger partial charge in [-0.15, -0.1) is 0 Å². The van der Waals surface area contributed by atoms with E-state index >= 15 is 0 Å². The van der Waals surface area contributed by atoms with Gasteiger partial charge in [0, 0.05) is 15.9 Å². The van der Waals surface area contributed by atoms with Crippen molar-refractivity contribution in [2.45, 2.75) is 18.9 Å². The Morgan fingerprint density at radius 1 is 1.26 bits per heavy atom. The van der Waals surface area contributed by atoms with E-state index in [1.807, 2.05) is 25.1 Å². The van der Waals surface area contributed by atoms with Crippen LogP contribution < -0.4 is 4.74 Å². The molecule has 2 aromatic rings. The van der Waals surface area contributed by atoms with Crippen LogP contribution in [0, 0.1) is 12.7 Å². The van der Waals surface area contributed by atoms with Gasteiger partial charge in [0.05, 0.1) is 0 Å². The van der Waals surface area contributed by atoms with Crippen molar-refractivity contribution in [3.63, 3.8) is 0 Å². The van der Waals surface area contributed by atoms with Gasteiger partial charge in [-0.25, -0.2) is 4.39 Å². The van der Waals surface area contributed by atoms with Gasteiger partial charge in [0.2, 0.25) is 0 Å². The van der Waals surface area contributed by atoms with Gasteiger partial charge >= 0.3 is 0 Å². The number of hydrogen-bond acceptors (Lipinski definition) is 1. The fraction of sp³-hybridized carbons (Fsp3) is 0.200. The molecular formula is C15H13BrClFO. The minimum atomic E-state index is -0.254. The molecule has 4 heteroatoms. The Morgan fingerprint density at radius 3 is 2.79 bits per heavy atom. The van der Waals surface area contributed by atoms with Crippen LogP contribution in [0.15, 0.2) is 36.4 Å². The second-order valence-electron chi connectivity index (χ2n) is 4.21. The lowest BCUT2D eigenvalue weighted by molar-refractivity contribution is 0.302. The summed E-state index contributed by atoms with van der Waals surface area (Å²) in [4.78, 5) is 0. The van der Waals surface area contributed by atoms with Crippen LogP contribution in [0.3, 0.4) is 0 Å². The van der Waals surface area contributed by atoms with E-state index in [4.69, 9.17) is 16.3 Å². The maximum absolute atomic E-state index is 13.2. The van der Waals surface area contributed by atoms with Crippen LogP contribution in [0.1, 0.15) is 16.7 Å². The van der Waals surface area contributed by atoms with Crippen LogP contribution in [0.5, 0.6) is 5.75 Å². The summed E-state index contributed by atoms with van der Waals surface area (Å²) in [6, 6.07) is 10.2. The van der Waals surface area contributed by atoms with Crippen LogP contribution in [-0.4, -0.2) is 0 Å². The van der Waals surface area contributed by atoms with Crippen molar-refractivity contribution >= 4 is 27.5 Å². The number of hydrogen-bond donors (Lipinski definition) is 0. The SMILES string of the molecule is Cc1ccc(F)cc1COc1cccc(Cl)c1CBr. The Hall–Kier alpha value is -1.06. The first kappa shape index (κ1) is 14.4. The summed E-state index contributed by atoms with van der Waals surface area (Å²) in [5.41, 5.74) is 2.74. The summed E-state index contributed by atoms with van der Waals surface area (Å²) in [5.74, 6) is 0.462. The molecule has 2 rings (SSSR count). The summed E-state index contributed by atoms with van der Waals surface area (Å²) in [6.45, 7) is 2.26. The maximum Gasteiger partial charge on any atom is 0.125 e. The van der Waals surface area contributed by atoms with Gasteiger partial charge in [0.25, 0.3) is 0 Å². The highest BCUT2D eigenvalue weighted by Gasteiger charge is 2.08. The first-order chi connectivity index (χ1) is 9.11. The molecule has 0 aliphatic rings. The smallest absolute Gasteiger partial charge is 0.125 e. The Bertz CT molecular complexity index is 586. The molecule has 0 heterocycles. The Balaban J connectivity index is 2.19. The van der Waals surface area contributed by atoms with Crippen molar-refractivity contribution in [2.24, 2.45) is 0 Å². The molecule has 0 radical (unpaired) electrons. The summed E-state index contributed by atoms with van der Waals surface area (Å²) >= 11 is 9.48. The second-order valence-corrected chi connectivity index (χ2v) is 5.18. The van der Waals surface area contributed by atoms with Crippen LogP contribution >= 0.6 is 27.5 Å². The average Bonchev–Trinajstić information content (AvgIpc) is 2.40. The lowest BCUT2D eigenvalue weighted by Crippen LogP contribution is -2.00. The van der Waals surface area contributed by atoms with E-state index in [9.17, 15) is 4.39 Å². The first-order valence-corrected chi connectivity index (χ1v) is 7.33. The first-order valence-electron chi connectivity index (χ1n) is 5.83. The van der Waals surface area contributed by atoms with E-state index in [-0.39, 0.29) is 5.82 Å². The molecule has 0 unspecified atom stereocenters. The molecule has 0 atom stereocenters.